The Morgan fingerprint density at radius 1 is 1.25 bits per heavy atom. The molecule has 124 valence electrons. The normalized spacial score (nSPS) is 18.0. The smallest absolute Gasteiger partial charge is 0.273 e. The molecule has 1 aliphatic rings. The Morgan fingerprint density at radius 3 is 2.88 bits per heavy atom. The molecule has 4 rings (SSSR count). The van der Waals surface area contributed by atoms with E-state index in [1.807, 2.05) is 36.6 Å². The number of aryl methyl sites for hydroxylation is 1. The lowest BCUT2D eigenvalue weighted by atomic mass is 9.99. The molecule has 24 heavy (non-hydrogen) atoms. The number of hydrogen-bond donors (Lipinski definition) is 0. The zero-order valence-electron chi connectivity index (χ0n) is 13.7. The number of anilines is 1. The van der Waals surface area contributed by atoms with Crippen molar-refractivity contribution < 1.29 is 4.74 Å². The van der Waals surface area contributed by atoms with Crippen molar-refractivity contribution in [3.63, 3.8) is 0 Å². The summed E-state index contributed by atoms with van der Waals surface area (Å²) in [4.78, 5) is 16.1. The molecule has 0 bridgehead atoms. The highest BCUT2D eigenvalue weighted by atomic mass is 32.1. The Morgan fingerprint density at radius 2 is 2.08 bits per heavy atom. The van der Waals surface area contributed by atoms with Gasteiger partial charge in [0.2, 0.25) is 0 Å². The van der Waals surface area contributed by atoms with Gasteiger partial charge < -0.3 is 9.64 Å². The van der Waals surface area contributed by atoms with Crippen LogP contribution in [0, 0.1) is 12.8 Å². The molecular formula is C18H20N4OS. The maximum Gasteiger partial charge on any atom is 0.273 e. The number of benzene rings is 1. The standard InChI is InChI=1S/C18H20N4OS/c1-13-17(21-16-7-3-2-6-15(16)20-13)22-9-4-5-14(11-22)12-23-18-19-8-10-24-18/h2-3,6-8,10,14H,4-5,9,11-12H2,1H3. The van der Waals surface area contributed by atoms with Crippen molar-refractivity contribution in [2.75, 3.05) is 24.6 Å². The molecule has 2 aromatic heterocycles. The Bertz CT molecular complexity index is 821. The van der Waals surface area contributed by atoms with Gasteiger partial charge >= 0.3 is 0 Å². The molecule has 1 fully saturated rings. The second kappa shape index (κ2) is 6.73. The molecule has 1 unspecified atom stereocenters. The van der Waals surface area contributed by atoms with Gasteiger partial charge in [-0.3, -0.25) is 0 Å². The van der Waals surface area contributed by atoms with Crippen LogP contribution in [0.5, 0.6) is 5.19 Å². The number of aromatic nitrogens is 3. The summed E-state index contributed by atoms with van der Waals surface area (Å²) in [5, 5.41) is 2.70. The Balaban J connectivity index is 1.50. The Kier molecular flexibility index (Phi) is 4.30. The van der Waals surface area contributed by atoms with Crippen molar-refractivity contribution >= 4 is 28.2 Å². The highest BCUT2D eigenvalue weighted by Gasteiger charge is 2.23. The number of rotatable bonds is 4. The van der Waals surface area contributed by atoms with Crippen LogP contribution in [-0.4, -0.2) is 34.6 Å². The highest BCUT2D eigenvalue weighted by molar-refractivity contribution is 7.11. The summed E-state index contributed by atoms with van der Waals surface area (Å²) in [6, 6.07) is 8.05. The topological polar surface area (TPSA) is 51.1 Å². The fraction of sp³-hybridized carbons (Fsp3) is 0.389. The summed E-state index contributed by atoms with van der Waals surface area (Å²) in [5.74, 6) is 1.50. The molecule has 3 heterocycles. The van der Waals surface area contributed by atoms with Gasteiger partial charge in [0.1, 0.15) is 0 Å². The molecule has 1 saturated heterocycles. The maximum absolute atomic E-state index is 5.81. The first-order valence-electron chi connectivity index (χ1n) is 8.30. The van der Waals surface area contributed by atoms with E-state index in [0.717, 1.165) is 47.2 Å². The van der Waals surface area contributed by atoms with Crippen molar-refractivity contribution in [2.24, 2.45) is 5.92 Å². The van der Waals surface area contributed by atoms with E-state index < -0.39 is 0 Å². The molecule has 0 saturated carbocycles. The number of thiazole rings is 1. The molecule has 3 aromatic rings. The number of fused-ring (bicyclic) bond motifs is 1. The first kappa shape index (κ1) is 15.3. The van der Waals surface area contributed by atoms with Crippen LogP contribution in [0.4, 0.5) is 5.82 Å². The van der Waals surface area contributed by atoms with Gasteiger partial charge in [0.15, 0.2) is 5.82 Å². The zero-order valence-corrected chi connectivity index (χ0v) is 14.5. The summed E-state index contributed by atoms with van der Waals surface area (Å²) in [6.45, 7) is 4.75. The highest BCUT2D eigenvalue weighted by Crippen LogP contribution is 2.26. The van der Waals surface area contributed by atoms with Gasteiger partial charge in [0.25, 0.3) is 5.19 Å². The molecule has 5 nitrogen and oxygen atoms in total. The maximum atomic E-state index is 5.81. The van der Waals surface area contributed by atoms with E-state index in [9.17, 15) is 0 Å². The van der Waals surface area contributed by atoms with Gasteiger partial charge in [-0.15, -0.1) is 0 Å². The van der Waals surface area contributed by atoms with E-state index in [1.54, 1.807) is 17.5 Å². The molecule has 0 radical (unpaired) electrons. The van der Waals surface area contributed by atoms with Gasteiger partial charge in [0.05, 0.1) is 23.3 Å². The predicted molar refractivity (Wildman–Crippen MR) is 96.8 cm³/mol. The molecule has 0 amide bonds. The van der Waals surface area contributed by atoms with Crippen LogP contribution in [0.1, 0.15) is 18.5 Å². The fourth-order valence-electron chi connectivity index (χ4n) is 3.24. The molecule has 1 atom stereocenters. The van der Waals surface area contributed by atoms with Crippen molar-refractivity contribution in [3.8, 4) is 5.19 Å². The van der Waals surface area contributed by atoms with Crippen LogP contribution < -0.4 is 9.64 Å². The zero-order chi connectivity index (χ0) is 16.4. The lowest BCUT2D eigenvalue weighted by molar-refractivity contribution is 0.227. The summed E-state index contributed by atoms with van der Waals surface area (Å²) in [7, 11) is 0. The number of nitrogens with zero attached hydrogens (tertiary/aromatic N) is 4. The van der Waals surface area contributed by atoms with Gasteiger partial charge in [0, 0.05) is 30.6 Å². The number of para-hydroxylation sites is 2. The average molecular weight is 340 g/mol. The largest absolute Gasteiger partial charge is 0.470 e. The summed E-state index contributed by atoms with van der Waals surface area (Å²) < 4.78 is 5.81. The second-order valence-electron chi connectivity index (χ2n) is 6.18. The summed E-state index contributed by atoms with van der Waals surface area (Å²) in [5.41, 5.74) is 2.91. The SMILES string of the molecule is Cc1nc2ccccc2nc1N1CCCC(COc2nccs2)C1. The minimum Gasteiger partial charge on any atom is -0.470 e. The number of ether oxygens (including phenoxy) is 1. The van der Waals surface area contributed by atoms with Crippen LogP contribution in [-0.2, 0) is 0 Å². The van der Waals surface area contributed by atoms with Crippen LogP contribution in [0.25, 0.3) is 11.0 Å². The minimum absolute atomic E-state index is 0.496. The fourth-order valence-corrected chi connectivity index (χ4v) is 3.74. The summed E-state index contributed by atoms with van der Waals surface area (Å²) >= 11 is 1.54. The van der Waals surface area contributed by atoms with Crippen LogP contribution in [0.15, 0.2) is 35.8 Å². The molecule has 1 aromatic carbocycles. The van der Waals surface area contributed by atoms with Gasteiger partial charge in [-0.25, -0.2) is 15.0 Å². The number of piperidine rings is 1. The average Bonchev–Trinajstić information content (AvgIpc) is 3.13. The monoisotopic (exact) mass is 340 g/mol. The Labute approximate surface area is 145 Å². The third-order valence-electron chi connectivity index (χ3n) is 4.39. The van der Waals surface area contributed by atoms with Crippen molar-refractivity contribution in [1.29, 1.82) is 0 Å². The number of hydrogen-bond acceptors (Lipinski definition) is 6. The van der Waals surface area contributed by atoms with E-state index in [4.69, 9.17) is 14.7 Å². The first-order chi connectivity index (χ1) is 11.8. The second-order valence-corrected chi connectivity index (χ2v) is 7.04. The van der Waals surface area contributed by atoms with Gasteiger partial charge in [-0.1, -0.05) is 23.5 Å². The molecule has 0 aliphatic carbocycles. The lowest BCUT2D eigenvalue weighted by Gasteiger charge is -2.33. The first-order valence-corrected chi connectivity index (χ1v) is 9.18. The van der Waals surface area contributed by atoms with Crippen molar-refractivity contribution in [3.05, 3.63) is 41.5 Å². The third-order valence-corrected chi connectivity index (χ3v) is 5.07. The molecular weight excluding hydrogens is 320 g/mol. The van der Waals surface area contributed by atoms with Crippen molar-refractivity contribution in [2.45, 2.75) is 19.8 Å². The van der Waals surface area contributed by atoms with E-state index in [1.165, 1.54) is 6.42 Å². The van der Waals surface area contributed by atoms with E-state index in [0.29, 0.717) is 12.5 Å². The summed E-state index contributed by atoms with van der Waals surface area (Å²) in [6.07, 6.45) is 4.11. The van der Waals surface area contributed by atoms with Crippen molar-refractivity contribution in [1.82, 2.24) is 15.0 Å². The third kappa shape index (κ3) is 3.19. The van der Waals surface area contributed by atoms with Crippen LogP contribution in [0.2, 0.25) is 0 Å². The molecule has 1 aliphatic heterocycles. The molecule has 0 N–H and O–H groups in total. The van der Waals surface area contributed by atoms with E-state index in [2.05, 4.69) is 9.88 Å². The van der Waals surface area contributed by atoms with Gasteiger partial charge in [-0.2, -0.15) is 0 Å². The lowest BCUT2D eigenvalue weighted by Crippen LogP contribution is -2.38. The van der Waals surface area contributed by atoms with Crippen LogP contribution >= 0.6 is 11.3 Å². The quantitative estimate of drug-likeness (QED) is 0.725. The molecule has 0 spiro atoms. The predicted octanol–water partition coefficient (Wildman–Crippen LogP) is 3.69. The van der Waals surface area contributed by atoms with E-state index >= 15 is 0 Å². The Hall–Kier alpha value is -2.21. The van der Waals surface area contributed by atoms with E-state index in [-0.39, 0.29) is 0 Å². The molecule has 6 heteroatoms. The van der Waals surface area contributed by atoms with Crippen LogP contribution in [0.3, 0.4) is 0 Å². The van der Waals surface area contributed by atoms with Gasteiger partial charge in [-0.05, 0) is 31.9 Å². The minimum atomic E-state index is 0.496.